The second-order valence-corrected chi connectivity index (χ2v) is 6.88. The number of carbonyl (C=O) groups excluding carboxylic acids is 3. The van der Waals surface area contributed by atoms with Gasteiger partial charge in [0.1, 0.15) is 11.8 Å². The fourth-order valence-electron chi connectivity index (χ4n) is 2.92. The maximum absolute atomic E-state index is 12.7. The second-order valence-electron chi connectivity index (χ2n) is 5.88. The van der Waals surface area contributed by atoms with Crippen molar-refractivity contribution in [2.75, 3.05) is 13.7 Å². The first-order valence-corrected chi connectivity index (χ1v) is 9.29. The first kappa shape index (κ1) is 19.0. The van der Waals surface area contributed by atoms with Gasteiger partial charge in [-0.05, 0) is 48.7 Å². The molecule has 1 aliphatic rings. The molecule has 2 amide bonds. The molecule has 0 aromatic heterocycles. The number of methoxy groups -OCH3 is 1. The molecule has 0 N–H and O–H groups in total. The largest absolute Gasteiger partial charge is 0.496 e. The van der Waals surface area contributed by atoms with Gasteiger partial charge in [0.15, 0.2) is 0 Å². The number of amides is 2. The minimum atomic E-state index is -0.962. The molecule has 27 heavy (non-hydrogen) atoms. The molecule has 3 rings (SSSR count). The molecule has 140 valence electrons. The van der Waals surface area contributed by atoms with Gasteiger partial charge < -0.3 is 9.47 Å². The van der Waals surface area contributed by atoms with E-state index in [9.17, 15) is 14.4 Å². The summed E-state index contributed by atoms with van der Waals surface area (Å²) in [5.74, 6) is -0.367. The van der Waals surface area contributed by atoms with E-state index in [0.29, 0.717) is 0 Å². The molecule has 0 bridgehead atoms. The van der Waals surface area contributed by atoms with Crippen LogP contribution >= 0.6 is 11.8 Å². The lowest BCUT2D eigenvalue weighted by molar-refractivity contribution is -0.150. The van der Waals surface area contributed by atoms with Crippen LogP contribution < -0.4 is 4.74 Å². The number of benzene rings is 2. The highest BCUT2D eigenvalue weighted by atomic mass is 32.2. The van der Waals surface area contributed by atoms with Crippen LogP contribution in [0.1, 0.15) is 19.4 Å². The smallest absolute Gasteiger partial charge is 0.329 e. The molecule has 1 atom stereocenters. The fraction of sp³-hybridized carbons (Fsp3) is 0.250. The highest BCUT2D eigenvalue weighted by molar-refractivity contribution is 8.18. The summed E-state index contributed by atoms with van der Waals surface area (Å²) in [6, 6.07) is 10.4. The number of hydrogen-bond donors (Lipinski definition) is 0. The van der Waals surface area contributed by atoms with Gasteiger partial charge in [0.2, 0.25) is 0 Å². The van der Waals surface area contributed by atoms with Crippen molar-refractivity contribution >= 4 is 45.7 Å². The summed E-state index contributed by atoms with van der Waals surface area (Å²) in [7, 11) is 1.60. The van der Waals surface area contributed by atoms with E-state index >= 15 is 0 Å². The van der Waals surface area contributed by atoms with Gasteiger partial charge in [0, 0.05) is 5.39 Å². The predicted octanol–water partition coefficient (Wildman–Crippen LogP) is 3.84. The first-order valence-electron chi connectivity index (χ1n) is 8.47. The molecule has 7 heteroatoms. The number of rotatable bonds is 5. The van der Waals surface area contributed by atoms with E-state index in [1.165, 1.54) is 6.92 Å². The van der Waals surface area contributed by atoms with Crippen LogP contribution in [0.4, 0.5) is 4.79 Å². The van der Waals surface area contributed by atoms with E-state index in [0.717, 1.165) is 38.7 Å². The third-order valence-electron chi connectivity index (χ3n) is 4.26. The van der Waals surface area contributed by atoms with E-state index in [-0.39, 0.29) is 11.5 Å². The zero-order valence-corrected chi connectivity index (χ0v) is 16.0. The molecule has 0 saturated carbocycles. The number of esters is 1. The van der Waals surface area contributed by atoms with Crippen molar-refractivity contribution in [2.24, 2.45) is 0 Å². The average molecular weight is 385 g/mol. The van der Waals surface area contributed by atoms with Crippen LogP contribution in [0.5, 0.6) is 5.75 Å². The summed E-state index contributed by atoms with van der Waals surface area (Å²) in [5, 5.41) is 1.33. The van der Waals surface area contributed by atoms with Crippen molar-refractivity contribution < 1.29 is 23.9 Å². The molecule has 0 radical (unpaired) electrons. The Kier molecular flexibility index (Phi) is 5.51. The Morgan fingerprint density at radius 3 is 2.56 bits per heavy atom. The van der Waals surface area contributed by atoms with Gasteiger partial charge in [-0.25, -0.2) is 4.79 Å². The molecule has 0 aliphatic carbocycles. The number of hydrogen-bond acceptors (Lipinski definition) is 6. The summed E-state index contributed by atoms with van der Waals surface area (Å²) < 4.78 is 10.3. The third kappa shape index (κ3) is 3.55. The van der Waals surface area contributed by atoms with Crippen LogP contribution in [-0.4, -0.2) is 41.8 Å². The normalized spacial score (nSPS) is 16.9. The number of thioether (sulfide) groups is 1. The zero-order valence-electron chi connectivity index (χ0n) is 15.2. The van der Waals surface area contributed by atoms with Gasteiger partial charge in [-0.3, -0.25) is 14.5 Å². The van der Waals surface area contributed by atoms with Crippen molar-refractivity contribution in [3.63, 3.8) is 0 Å². The topological polar surface area (TPSA) is 72.9 Å². The molecule has 1 heterocycles. The first-order chi connectivity index (χ1) is 13.0. The predicted molar refractivity (Wildman–Crippen MR) is 104 cm³/mol. The average Bonchev–Trinajstić information content (AvgIpc) is 2.95. The summed E-state index contributed by atoms with van der Waals surface area (Å²) in [5.41, 5.74) is 0.792. The van der Waals surface area contributed by atoms with Gasteiger partial charge >= 0.3 is 5.97 Å². The number of nitrogens with zero attached hydrogens (tertiary/aromatic N) is 1. The molecular weight excluding hydrogens is 366 g/mol. The molecule has 6 nitrogen and oxygen atoms in total. The van der Waals surface area contributed by atoms with Gasteiger partial charge in [0.25, 0.3) is 11.1 Å². The minimum absolute atomic E-state index is 0.188. The Morgan fingerprint density at radius 1 is 1.19 bits per heavy atom. The third-order valence-corrected chi connectivity index (χ3v) is 5.15. The SMILES string of the molecule is CCOC(=O)C(C)N1C(=O)S/C(=C\c2ccc(OC)c3ccccc23)C1=O. The van der Waals surface area contributed by atoms with E-state index in [4.69, 9.17) is 9.47 Å². The van der Waals surface area contributed by atoms with Crippen molar-refractivity contribution in [1.29, 1.82) is 0 Å². The maximum Gasteiger partial charge on any atom is 0.329 e. The van der Waals surface area contributed by atoms with Crippen LogP contribution in [0.25, 0.3) is 16.8 Å². The Balaban J connectivity index is 1.97. The quantitative estimate of drug-likeness (QED) is 0.575. The molecule has 1 saturated heterocycles. The van der Waals surface area contributed by atoms with Crippen molar-refractivity contribution in [2.45, 2.75) is 19.9 Å². The molecule has 1 unspecified atom stereocenters. The van der Waals surface area contributed by atoms with Crippen LogP contribution in [0.15, 0.2) is 41.3 Å². The molecule has 1 fully saturated rings. The van der Waals surface area contributed by atoms with Crippen LogP contribution in [0.3, 0.4) is 0 Å². The van der Waals surface area contributed by atoms with Crippen LogP contribution in [0.2, 0.25) is 0 Å². The number of imide groups is 1. The Bertz CT molecular complexity index is 953. The maximum atomic E-state index is 12.7. The van der Waals surface area contributed by atoms with E-state index in [1.54, 1.807) is 20.1 Å². The lowest BCUT2D eigenvalue weighted by Crippen LogP contribution is -2.42. The van der Waals surface area contributed by atoms with Crippen molar-refractivity contribution in [3.05, 3.63) is 46.9 Å². The minimum Gasteiger partial charge on any atom is -0.496 e. The molecule has 1 aliphatic heterocycles. The lowest BCUT2D eigenvalue weighted by atomic mass is 10.0. The van der Waals surface area contributed by atoms with Crippen LogP contribution in [0, 0.1) is 0 Å². The lowest BCUT2D eigenvalue weighted by Gasteiger charge is -2.19. The second kappa shape index (κ2) is 7.84. The van der Waals surface area contributed by atoms with Gasteiger partial charge in [0.05, 0.1) is 18.6 Å². The monoisotopic (exact) mass is 385 g/mol. The summed E-state index contributed by atoms with van der Waals surface area (Å²) >= 11 is 0.818. The Labute approximate surface area is 161 Å². The molecular formula is C20H19NO5S. The summed E-state index contributed by atoms with van der Waals surface area (Å²) in [4.78, 5) is 38.1. The van der Waals surface area contributed by atoms with Gasteiger partial charge in [-0.15, -0.1) is 0 Å². The van der Waals surface area contributed by atoms with Crippen molar-refractivity contribution in [3.8, 4) is 5.75 Å². The summed E-state index contributed by atoms with van der Waals surface area (Å²) in [6.45, 7) is 3.35. The van der Waals surface area contributed by atoms with Crippen LogP contribution in [-0.2, 0) is 14.3 Å². The van der Waals surface area contributed by atoms with Crippen molar-refractivity contribution in [1.82, 2.24) is 4.90 Å². The van der Waals surface area contributed by atoms with E-state index in [1.807, 2.05) is 36.4 Å². The number of carbonyl (C=O) groups is 3. The summed E-state index contributed by atoms with van der Waals surface area (Å²) in [6.07, 6.45) is 1.67. The molecule has 2 aromatic carbocycles. The zero-order chi connectivity index (χ0) is 19.6. The molecule has 2 aromatic rings. The fourth-order valence-corrected chi connectivity index (χ4v) is 3.82. The molecule has 0 spiro atoms. The van der Waals surface area contributed by atoms with E-state index < -0.39 is 23.2 Å². The highest BCUT2D eigenvalue weighted by Crippen LogP contribution is 2.36. The number of fused-ring (bicyclic) bond motifs is 1. The number of ether oxygens (including phenoxy) is 2. The Hall–Kier alpha value is -2.80. The van der Waals surface area contributed by atoms with Gasteiger partial charge in [-0.2, -0.15) is 0 Å². The van der Waals surface area contributed by atoms with Gasteiger partial charge in [-0.1, -0.05) is 30.3 Å². The van der Waals surface area contributed by atoms with E-state index in [2.05, 4.69) is 0 Å². The standard InChI is InChI=1S/C20H19NO5S/c1-4-26-19(23)12(2)21-18(22)17(27-20(21)24)11-13-9-10-16(25-3)15-8-6-5-7-14(13)15/h5-12H,4H2,1-3H3/b17-11-. The highest BCUT2D eigenvalue weighted by Gasteiger charge is 2.41. The Morgan fingerprint density at radius 2 is 1.89 bits per heavy atom.